The predicted molar refractivity (Wildman–Crippen MR) is 149 cm³/mol. The zero-order chi connectivity index (χ0) is 26.0. The summed E-state index contributed by atoms with van der Waals surface area (Å²) in [5.74, 6) is -0.971. The van der Waals surface area contributed by atoms with Crippen LogP contribution in [-0.2, 0) is 9.59 Å². The van der Waals surface area contributed by atoms with Crippen molar-refractivity contribution in [2.45, 2.75) is 17.1 Å². The summed E-state index contributed by atoms with van der Waals surface area (Å²) in [6.45, 7) is 1.82. The minimum absolute atomic E-state index is 0.117. The van der Waals surface area contributed by atoms with Gasteiger partial charge < -0.3 is 16.0 Å². The summed E-state index contributed by atoms with van der Waals surface area (Å²) < 4.78 is 0. The minimum atomic E-state index is -0.454. The van der Waals surface area contributed by atoms with E-state index in [2.05, 4.69) is 20.9 Å². The fourth-order valence-electron chi connectivity index (χ4n) is 3.22. The largest absolute Gasteiger partial charge is 0.321 e. The Morgan fingerprint density at radius 1 is 0.892 bits per heavy atom. The SMILES string of the molecule is CC(Sc1ccc(NC(=O)/C(=C/c2ccccc2)NC(=O)c2ccccc2)cc1)C(=O)Nc1nccs1. The Labute approximate surface area is 223 Å². The zero-order valence-electron chi connectivity index (χ0n) is 19.9. The number of rotatable bonds is 9. The van der Waals surface area contributed by atoms with Crippen molar-refractivity contribution in [1.82, 2.24) is 10.3 Å². The van der Waals surface area contributed by atoms with E-state index in [1.807, 2.05) is 55.5 Å². The van der Waals surface area contributed by atoms with Crippen molar-refractivity contribution in [3.63, 3.8) is 0 Å². The Morgan fingerprint density at radius 3 is 2.22 bits per heavy atom. The van der Waals surface area contributed by atoms with Crippen molar-refractivity contribution in [2.24, 2.45) is 0 Å². The van der Waals surface area contributed by atoms with Gasteiger partial charge in [-0.2, -0.15) is 0 Å². The highest BCUT2D eigenvalue weighted by Gasteiger charge is 2.17. The molecule has 1 atom stereocenters. The van der Waals surface area contributed by atoms with Gasteiger partial charge in [0.25, 0.3) is 11.8 Å². The Bertz CT molecular complexity index is 1370. The topological polar surface area (TPSA) is 100 Å². The van der Waals surface area contributed by atoms with Crippen LogP contribution < -0.4 is 16.0 Å². The molecule has 0 aliphatic rings. The molecule has 9 heteroatoms. The molecule has 0 radical (unpaired) electrons. The van der Waals surface area contributed by atoms with Crippen LogP contribution in [0.1, 0.15) is 22.8 Å². The Balaban J connectivity index is 1.42. The second kappa shape index (κ2) is 12.7. The third kappa shape index (κ3) is 7.63. The summed E-state index contributed by atoms with van der Waals surface area (Å²) >= 11 is 2.76. The van der Waals surface area contributed by atoms with E-state index in [-0.39, 0.29) is 22.8 Å². The fraction of sp³-hybridized carbons (Fsp3) is 0.0714. The molecule has 3 amide bonds. The molecule has 0 aliphatic heterocycles. The van der Waals surface area contributed by atoms with E-state index in [1.54, 1.807) is 54.1 Å². The molecule has 1 heterocycles. The maximum atomic E-state index is 13.1. The monoisotopic (exact) mass is 528 g/mol. The number of nitrogens with one attached hydrogen (secondary N) is 3. The maximum absolute atomic E-state index is 13.1. The van der Waals surface area contributed by atoms with Gasteiger partial charge in [-0.25, -0.2) is 4.98 Å². The highest BCUT2D eigenvalue weighted by atomic mass is 32.2. The minimum Gasteiger partial charge on any atom is -0.321 e. The van der Waals surface area contributed by atoms with Crippen LogP contribution in [0.25, 0.3) is 6.08 Å². The molecule has 37 heavy (non-hydrogen) atoms. The third-order valence-corrected chi connectivity index (χ3v) is 6.90. The number of thiazole rings is 1. The first kappa shape index (κ1) is 25.9. The van der Waals surface area contributed by atoms with Crippen LogP contribution >= 0.6 is 23.1 Å². The zero-order valence-corrected chi connectivity index (χ0v) is 21.5. The number of thioether (sulfide) groups is 1. The average molecular weight is 529 g/mol. The van der Waals surface area contributed by atoms with Gasteiger partial charge in [-0.1, -0.05) is 48.5 Å². The van der Waals surface area contributed by atoms with Crippen LogP contribution in [0.3, 0.4) is 0 Å². The molecule has 4 aromatic rings. The molecule has 1 unspecified atom stereocenters. The summed E-state index contributed by atoms with van der Waals surface area (Å²) in [6.07, 6.45) is 3.27. The van der Waals surface area contributed by atoms with Crippen molar-refractivity contribution >= 4 is 57.7 Å². The highest BCUT2D eigenvalue weighted by Crippen LogP contribution is 2.26. The van der Waals surface area contributed by atoms with E-state index in [4.69, 9.17) is 0 Å². The molecule has 0 fully saturated rings. The van der Waals surface area contributed by atoms with Crippen LogP contribution in [0.5, 0.6) is 0 Å². The summed E-state index contributed by atoms with van der Waals surface area (Å²) in [6, 6.07) is 25.2. The fourth-order valence-corrected chi connectivity index (χ4v) is 4.62. The smallest absolute Gasteiger partial charge is 0.272 e. The second-order valence-electron chi connectivity index (χ2n) is 7.85. The Morgan fingerprint density at radius 2 is 1.57 bits per heavy atom. The molecule has 0 saturated heterocycles. The maximum Gasteiger partial charge on any atom is 0.272 e. The van der Waals surface area contributed by atoms with Crippen molar-refractivity contribution in [1.29, 1.82) is 0 Å². The molecular formula is C28H24N4O3S2. The molecular weight excluding hydrogens is 504 g/mol. The van der Waals surface area contributed by atoms with Crippen LogP contribution in [-0.4, -0.2) is 28.0 Å². The molecule has 7 nitrogen and oxygen atoms in total. The lowest BCUT2D eigenvalue weighted by atomic mass is 10.1. The van der Waals surface area contributed by atoms with Gasteiger partial charge in [0.15, 0.2) is 5.13 Å². The van der Waals surface area contributed by atoms with Gasteiger partial charge in [0, 0.05) is 27.7 Å². The van der Waals surface area contributed by atoms with E-state index in [1.165, 1.54) is 23.1 Å². The van der Waals surface area contributed by atoms with Crippen molar-refractivity contribution < 1.29 is 14.4 Å². The standard InChI is InChI=1S/C28H24N4O3S2/c1-19(25(33)32-28-29-16-17-36-28)37-23-14-12-22(13-15-23)30-27(35)24(18-20-8-4-2-5-9-20)31-26(34)21-10-6-3-7-11-21/h2-19H,1H3,(H,30,35)(H,31,34)(H,29,32,33)/b24-18-. The first-order valence-corrected chi connectivity index (χ1v) is 13.2. The number of anilines is 2. The number of amides is 3. The summed E-state index contributed by atoms with van der Waals surface area (Å²) in [5, 5.41) is 10.4. The van der Waals surface area contributed by atoms with E-state index in [9.17, 15) is 14.4 Å². The Kier molecular flexibility index (Phi) is 8.85. The first-order valence-electron chi connectivity index (χ1n) is 11.4. The lowest BCUT2D eigenvalue weighted by molar-refractivity contribution is -0.115. The summed E-state index contributed by atoms with van der Waals surface area (Å²) in [4.78, 5) is 43.2. The molecule has 1 aromatic heterocycles. The molecule has 3 aromatic carbocycles. The molecule has 0 bridgehead atoms. The number of hydrogen-bond acceptors (Lipinski definition) is 6. The van der Waals surface area contributed by atoms with Crippen molar-refractivity contribution in [3.05, 3.63) is 113 Å². The van der Waals surface area contributed by atoms with Gasteiger partial charge in [0.2, 0.25) is 5.91 Å². The van der Waals surface area contributed by atoms with Crippen LogP contribution in [0.15, 0.2) is 107 Å². The normalized spacial score (nSPS) is 11.9. The van der Waals surface area contributed by atoms with Crippen molar-refractivity contribution in [3.8, 4) is 0 Å². The summed E-state index contributed by atoms with van der Waals surface area (Å²) in [7, 11) is 0. The summed E-state index contributed by atoms with van der Waals surface area (Å²) in [5.41, 5.74) is 1.90. The van der Waals surface area contributed by atoms with Crippen LogP contribution in [0.4, 0.5) is 10.8 Å². The van der Waals surface area contributed by atoms with E-state index < -0.39 is 5.91 Å². The second-order valence-corrected chi connectivity index (χ2v) is 10.2. The van der Waals surface area contributed by atoms with Gasteiger partial charge in [0.05, 0.1) is 5.25 Å². The highest BCUT2D eigenvalue weighted by molar-refractivity contribution is 8.00. The number of hydrogen-bond donors (Lipinski definition) is 3. The average Bonchev–Trinajstić information content (AvgIpc) is 3.43. The van der Waals surface area contributed by atoms with Gasteiger partial charge in [-0.15, -0.1) is 23.1 Å². The lowest BCUT2D eigenvalue weighted by Crippen LogP contribution is -2.30. The van der Waals surface area contributed by atoms with Crippen LogP contribution in [0, 0.1) is 0 Å². The first-order chi connectivity index (χ1) is 18.0. The molecule has 4 rings (SSSR count). The van der Waals surface area contributed by atoms with Gasteiger partial charge in [0.1, 0.15) is 5.70 Å². The predicted octanol–water partition coefficient (Wildman–Crippen LogP) is 5.67. The molecule has 0 saturated carbocycles. The molecule has 0 aliphatic carbocycles. The number of carbonyl (C=O) groups is 3. The van der Waals surface area contributed by atoms with E-state index in [0.717, 1.165) is 10.5 Å². The number of nitrogens with zero attached hydrogens (tertiary/aromatic N) is 1. The van der Waals surface area contributed by atoms with E-state index in [0.29, 0.717) is 16.4 Å². The van der Waals surface area contributed by atoms with E-state index >= 15 is 0 Å². The van der Waals surface area contributed by atoms with Gasteiger partial charge in [-0.3, -0.25) is 14.4 Å². The number of benzene rings is 3. The van der Waals surface area contributed by atoms with Gasteiger partial charge >= 0.3 is 0 Å². The molecule has 3 N–H and O–H groups in total. The number of carbonyl (C=O) groups excluding carboxylic acids is 3. The number of aromatic nitrogens is 1. The third-order valence-electron chi connectivity index (χ3n) is 5.10. The van der Waals surface area contributed by atoms with Crippen LogP contribution in [0.2, 0.25) is 0 Å². The quantitative estimate of drug-likeness (QED) is 0.192. The van der Waals surface area contributed by atoms with Gasteiger partial charge in [-0.05, 0) is 55.0 Å². The molecule has 0 spiro atoms. The molecule has 186 valence electrons. The Hall–Kier alpha value is -4.21. The lowest BCUT2D eigenvalue weighted by Gasteiger charge is -2.13. The van der Waals surface area contributed by atoms with Crippen molar-refractivity contribution in [2.75, 3.05) is 10.6 Å².